The van der Waals surface area contributed by atoms with Gasteiger partial charge in [0, 0.05) is 11.0 Å². The molecule has 0 spiro atoms. The summed E-state index contributed by atoms with van der Waals surface area (Å²) in [7, 11) is -3.63. The van der Waals surface area contributed by atoms with Gasteiger partial charge in [-0.1, -0.05) is 28.1 Å². The molecular weight excluding hydrogens is 352 g/mol. The zero-order valence-corrected chi connectivity index (χ0v) is 14.3. The maximum Gasteiger partial charge on any atom is 0.263 e. The number of hydrogen-bond acceptors (Lipinski definition) is 3. The molecule has 6 heteroatoms. The predicted octanol–water partition coefficient (Wildman–Crippen LogP) is 3.99. The van der Waals surface area contributed by atoms with Crippen LogP contribution in [0.15, 0.2) is 51.8 Å². The second kappa shape index (κ2) is 6.49. The maximum atomic E-state index is 12.6. The fraction of sp³-hybridized carbons (Fsp3) is 0.200. The van der Waals surface area contributed by atoms with E-state index in [0.29, 0.717) is 17.9 Å². The van der Waals surface area contributed by atoms with Gasteiger partial charge in [-0.3, -0.25) is 4.72 Å². The highest BCUT2D eigenvalue weighted by Gasteiger charge is 2.18. The summed E-state index contributed by atoms with van der Waals surface area (Å²) < 4.78 is 28.7. The van der Waals surface area contributed by atoms with Crippen LogP contribution in [0.2, 0.25) is 0 Å². The van der Waals surface area contributed by atoms with Crippen LogP contribution in [0.1, 0.15) is 12.5 Å². The van der Waals surface area contributed by atoms with Gasteiger partial charge in [-0.15, -0.1) is 0 Å². The minimum atomic E-state index is -3.63. The number of rotatable bonds is 5. The minimum Gasteiger partial charge on any atom is -0.384 e. The summed E-state index contributed by atoms with van der Waals surface area (Å²) in [5.41, 5.74) is 2.03. The summed E-state index contributed by atoms with van der Waals surface area (Å²) in [4.78, 5) is 0.245. The van der Waals surface area contributed by atoms with Crippen LogP contribution in [-0.4, -0.2) is 15.0 Å². The fourth-order valence-corrected chi connectivity index (χ4v) is 3.77. The number of nitrogens with one attached hydrogen (secondary N) is 2. The Bertz CT molecular complexity index is 745. The van der Waals surface area contributed by atoms with Crippen molar-refractivity contribution >= 4 is 37.3 Å². The molecule has 0 atom stereocenters. The van der Waals surface area contributed by atoms with Crippen molar-refractivity contribution in [2.75, 3.05) is 16.6 Å². The molecule has 2 rings (SSSR count). The molecule has 2 aromatic rings. The van der Waals surface area contributed by atoms with Gasteiger partial charge in [0.25, 0.3) is 10.0 Å². The summed E-state index contributed by atoms with van der Waals surface area (Å²) in [5, 5.41) is 3.07. The van der Waals surface area contributed by atoms with Crippen LogP contribution < -0.4 is 10.0 Å². The molecule has 0 amide bonds. The van der Waals surface area contributed by atoms with Gasteiger partial charge in [0.05, 0.1) is 11.4 Å². The SMILES string of the molecule is CCNc1ccccc1S(=O)(=O)Nc1ccc(Br)cc1C. The number of benzene rings is 2. The molecule has 21 heavy (non-hydrogen) atoms. The van der Waals surface area contributed by atoms with Gasteiger partial charge in [0.1, 0.15) is 4.90 Å². The Morgan fingerprint density at radius 3 is 2.48 bits per heavy atom. The lowest BCUT2D eigenvalue weighted by atomic mass is 10.2. The lowest BCUT2D eigenvalue weighted by Crippen LogP contribution is -2.16. The van der Waals surface area contributed by atoms with E-state index in [2.05, 4.69) is 26.0 Å². The van der Waals surface area contributed by atoms with Crippen LogP contribution in [0.4, 0.5) is 11.4 Å². The Balaban J connectivity index is 2.39. The van der Waals surface area contributed by atoms with E-state index >= 15 is 0 Å². The number of halogens is 1. The van der Waals surface area contributed by atoms with Crippen molar-refractivity contribution in [3.05, 3.63) is 52.5 Å². The largest absolute Gasteiger partial charge is 0.384 e. The first-order valence-electron chi connectivity index (χ1n) is 6.56. The van der Waals surface area contributed by atoms with Gasteiger partial charge in [-0.2, -0.15) is 0 Å². The summed E-state index contributed by atoms with van der Waals surface area (Å²) >= 11 is 3.37. The summed E-state index contributed by atoms with van der Waals surface area (Å²) in [6, 6.07) is 12.3. The van der Waals surface area contributed by atoms with E-state index in [0.717, 1.165) is 10.0 Å². The van der Waals surface area contributed by atoms with Crippen molar-refractivity contribution in [3.8, 4) is 0 Å². The van der Waals surface area contributed by atoms with E-state index in [1.165, 1.54) is 0 Å². The average Bonchev–Trinajstić information content (AvgIpc) is 2.43. The Morgan fingerprint density at radius 2 is 1.81 bits per heavy atom. The highest BCUT2D eigenvalue weighted by molar-refractivity contribution is 9.10. The third-order valence-corrected chi connectivity index (χ3v) is 4.89. The zero-order valence-electron chi connectivity index (χ0n) is 11.9. The number of anilines is 2. The van der Waals surface area contributed by atoms with Gasteiger partial charge >= 0.3 is 0 Å². The van der Waals surface area contributed by atoms with E-state index < -0.39 is 10.0 Å². The summed E-state index contributed by atoms with van der Waals surface area (Å²) in [6.45, 7) is 4.44. The molecular formula is C15H17BrN2O2S. The van der Waals surface area contributed by atoms with E-state index in [9.17, 15) is 8.42 Å². The molecule has 0 saturated heterocycles. The molecule has 2 aromatic carbocycles. The normalized spacial score (nSPS) is 11.2. The van der Waals surface area contributed by atoms with Crippen molar-refractivity contribution in [3.63, 3.8) is 0 Å². The molecule has 0 aliphatic carbocycles. The average molecular weight is 369 g/mol. The third-order valence-electron chi connectivity index (χ3n) is 2.98. The van der Waals surface area contributed by atoms with Gasteiger partial charge in [-0.25, -0.2) is 8.42 Å². The predicted molar refractivity (Wildman–Crippen MR) is 90.3 cm³/mol. The number of sulfonamides is 1. The van der Waals surface area contributed by atoms with Crippen molar-refractivity contribution in [2.24, 2.45) is 0 Å². The van der Waals surface area contributed by atoms with Crippen LogP contribution in [0, 0.1) is 6.92 Å². The molecule has 2 N–H and O–H groups in total. The van der Waals surface area contributed by atoms with Crippen molar-refractivity contribution < 1.29 is 8.42 Å². The molecule has 0 saturated carbocycles. The molecule has 0 aromatic heterocycles. The van der Waals surface area contributed by atoms with Crippen molar-refractivity contribution in [1.82, 2.24) is 0 Å². The van der Waals surface area contributed by atoms with Gasteiger partial charge in [0.2, 0.25) is 0 Å². The Morgan fingerprint density at radius 1 is 1.10 bits per heavy atom. The van der Waals surface area contributed by atoms with E-state index in [-0.39, 0.29) is 4.90 Å². The zero-order chi connectivity index (χ0) is 15.5. The van der Waals surface area contributed by atoms with Crippen molar-refractivity contribution in [2.45, 2.75) is 18.7 Å². The molecule has 0 radical (unpaired) electrons. The first kappa shape index (κ1) is 15.9. The summed E-state index contributed by atoms with van der Waals surface area (Å²) in [5.74, 6) is 0. The van der Waals surface area contributed by atoms with Crippen LogP contribution in [0.25, 0.3) is 0 Å². The number of para-hydroxylation sites is 1. The molecule has 0 unspecified atom stereocenters. The van der Waals surface area contributed by atoms with Crippen LogP contribution in [0.5, 0.6) is 0 Å². The Kier molecular flexibility index (Phi) is 4.90. The van der Waals surface area contributed by atoms with Gasteiger partial charge < -0.3 is 5.32 Å². The number of aryl methyl sites for hydroxylation is 1. The molecule has 0 fully saturated rings. The van der Waals surface area contributed by atoms with E-state index in [1.807, 2.05) is 26.0 Å². The standard InChI is InChI=1S/C15H17BrN2O2S/c1-3-17-14-6-4-5-7-15(14)21(19,20)18-13-9-8-12(16)10-11(13)2/h4-10,17-18H,3H2,1-2H3. The van der Waals surface area contributed by atoms with Crippen LogP contribution in [0.3, 0.4) is 0 Å². The third kappa shape index (κ3) is 3.77. The van der Waals surface area contributed by atoms with Crippen LogP contribution >= 0.6 is 15.9 Å². The molecule has 0 bridgehead atoms. The van der Waals surface area contributed by atoms with E-state index in [4.69, 9.17) is 0 Å². The topological polar surface area (TPSA) is 58.2 Å². The summed E-state index contributed by atoms with van der Waals surface area (Å²) in [6.07, 6.45) is 0. The highest BCUT2D eigenvalue weighted by Crippen LogP contribution is 2.26. The lowest BCUT2D eigenvalue weighted by molar-refractivity contribution is 0.601. The second-order valence-corrected chi connectivity index (χ2v) is 7.16. The highest BCUT2D eigenvalue weighted by atomic mass is 79.9. The van der Waals surface area contributed by atoms with Gasteiger partial charge in [0.15, 0.2) is 0 Å². The fourth-order valence-electron chi connectivity index (χ4n) is 1.98. The van der Waals surface area contributed by atoms with Crippen molar-refractivity contribution in [1.29, 1.82) is 0 Å². The molecule has 0 heterocycles. The number of hydrogen-bond donors (Lipinski definition) is 2. The molecule has 0 aliphatic heterocycles. The first-order chi connectivity index (χ1) is 9.94. The first-order valence-corrected chi connectivity index (χ1v) is 8.83. The molecule has 4 nitrogen and oxygen atoms in total. The Hall–Kier alpha value is -1.53. The molecule has 112 valence electrons. The Labute approximate surface area is 133 Å². The quantitative estimate of drug-likeness (QED) is 0.838. The van der Waals surface area contributed by atoms with Gasteiger partial charge in [-0.05, 0) is 49.7 Å². The monoisotopic (exact) mass is 368 g/mol. The second-order valence-electron chi connectivity index (χ2n) is 4.59. The molecule has 0 aliphatic rings. The minimum absolute atomic E-state index is 0.245. The van der Waals surface area contributed by atoms with Crippen LogP contribution in [-0.2, 0) is 10.0 Å². The van der Waals surface area contributed by atoms with E-state index in [1.54, 1.807) is 30.3 Å². The maximum absolute atomic E-state index is 12.6. The smallest absolute Gasteiger partial charge is 0.263 e. The lowest BCUT2D eigenvalue weighted by Gasteiger charge is -2.14.